The van der Waals surface area contributed by atoms with Crippen molar-refractivity contribution in [2.75, 3.05) is 5.73 Å². The molecule has 0 aliphatic carbocycles. The lowest BCUT2D eigenvalue weighted by molar-refractivity contribution is 0.0473. The second-order valence-corrected chi connectivity index (χ2v) is 4.93. The molecule has 0 saturated heterocycles. The van der Waals surface area contributed by atoms with Crippen LogP contribution in [0.2, 0.25) is 10.0 Å². The van der Waals surface area contributed by atoms with Crippen LogP contribution in [0.15, 0.2) is 30.3 Å². The molecule has 0 saturated carbocycles. The molecule has 0 aromatic heterocycles. The van der Waals surface area contributed by atoms with Crippen molar-refractivity contribution >= 4 is 34.9 Å². The molecule has 0 amide bonds. The fourth-order valence-electron chi connectivity index (χ4n) is 1.62. The van der Waals surface area contributed by atoms with Gasteiger partial charge in [0.25, 0.3) is 0 Å². The van der Waals surface area contributed by atoms with Crippen LogP contribution < -0.4 is 5.73 Å². The summed E-state index contributed by atoms with van der Waals surface area (Å²) in [5.41, 5.74) is 5.48. The summed E-state index contributed by atoms with van der Waals surface area (Å²) in [6.45, 7) is -0.170. The molecule has 3 nitrogen and oxygen atoms in total. The van der Waals surface area contributed by atoms with Crippen LogP contribution in [-0.2, 0) is 11.3 Å². The summed E-state index contributed by atoms with van der Waals surface area (Å²) in [4.78, 5) is 11.8. The first-order chi connectivity index (χ1) is 9.90. The molecule has 0 unspecified atom stereocenters. The van der Waals surface area contributed by atoms with Crippen molar-refractivity contribution in [2.45, 2.75) is 6.61 Å². The van der Waals surface area contributed by atoms with E-state index in [0.29, 0.717) is 16.7 Å². The Balaban J connectivity index is 2.16. The number of hydrogen-bond acceptors (Lipinski definition) is 3. The van der Waals surface area contributed by atoms with Crippen molar-refractivity contribution in [2.24, 2.45) is 0 Å². The van der Waals surface area contributed by atoms with Gasteiger partial charge in [0.15, 0.2) is 11.6 Å². The third kappa shape index (κ3) is 3.43. The van der Waals surface area contributed by atoms with Gasteiger partial charge < -0.3 is 10.5 Å². The number of rotatable bonds is 3. The predicted octanol–water partition coefficient (Wildman–Crippen LogP) is 4.21. The lowest BCUT2D eigenvalue weighted by Gasteiger charge is -2.09. The Morgan fingerprint density at radius 2 is 1.86 bits per heavy atom. The molecule has 7 heteroatoms. The summed E-state index contributed by atoms with van der Waals surface area (Å²) >= 11 is 11.8. The number of hydrogen-bond donors (Lipinski definition) is 1. The highest BCUT2D eigenvalue weighted by atomic mass is 35.5. The molecule has 0 fully saturated rings. The predicted molar refractivity (Wildman–Crippen MR) is 76.4 cm³/mol. The van der Waals surface area contributed by atoms with Crippen LogP contribution in [0.3, 0.4) is 0 Å². The third-order valence-corrected chi connectivity index (χ3v) is 3.56. The molecule has 0 radical (unpaired) electrons. The van der Waals surface area contributed by atoms with Crippen LogP contribution in [0.5, 0.6) is 0 Å². The molecule has 0 atom stereocenters. The van der Waals surface area contributed by atoms with Crippen LogP contribution in [-0.4, -0.2) is 5.97 Å². The van der Waals surface area contributed by atoms with Gasteiger partial charge in [0.05, 0.1) is 15.6 Å². The van der Waals surface area contributed by atoms with Gasteiger partial charge >= 0.3 is 5.97 Å². The van der Waals surface area contributed by atoms with Gasteiger partial charge in [0, 0.05) is 17.3 Å². The standard InChI is InChI=1S/C14H9Cl2F2NO2/c15-9-3-1-2-7(13(9)16)6-21-14(20)8-4-10(17)11(18)5-12(8)19/h1-5H,6,19H2. The summed E-state index contributed by atoms with van der Waals surface area (Å²) in [6, 6.07) is 6.26. The maximum atomic E-state index is 13.1. The zero-order valence-corrected chi connectivity index (χ0v) is 12.0. The molecule has 110 valence electrons. The number of nitrogen functional groups attached to an aromatic ring is 1. The van der Waals surface area contributed by atoms with Crippen molar-refractivity contribution in [1.29, 1.82) is 0 Å². The highest BCUT2D eigenvalue weighted by molar-refractivity contribution is 6.42. The zero-order chi connectivity index (χ0) is 15.6. The Morgan fingerprint density at radius 3 is 2.57 bits per heavy atom. The van der Waals surface area contributed by atoms with Gasteiger partial charge in [-0.3, -0.25) is 0 Å². The summed E-state index contributed by atoms with van der Waals surface area (Å²) < 4.78 is 31.0. The number of carbonyl (C=O) groups excluding carboxylic acids is 1. The molecule has 2 N–H and O–H groups in total. The number of benzene rings is 2. The maximum Gasteiger partial charge on any atom is 0.340 e. The Hall–Kier alpha value is -1.85. The molecule has 0 aliphatic heterocycles. The summed E-state index contributed by atoms with van der Waals surface area (Å²) in [6.07, 6.45) is 0. The fourth-order valence-corrected chi connectivity index (χ4v) is 1.99. The maximum absolute atomic E-state index is 13.1. The SMILES string of the molecule is Nc1cc(F)c(F)cc1C(=O)OCc1cccc(Cl)c1Cl. The van der Waals surface area contributed by atoms with Crippen LogP contribution in [0.25, 0.3) is 0 Å². The van der Waals surface area contributed by atoms with E-state index in [9.17, 15) is 13.6 Å². The molecule has 2 rings (SSSR count). The van der Waals surface area contributed by atoms with E-state index in [1.54, 1.807) is 18.2 Å². The van der Waals surface area contributed by atoms with Crippen LogP contribution >= 0.6 is 23.2 Å². The van der Waals surface area contributed by atoms with Crippen molar-refractivity contribution in [3.05, 3.63) is 63.1 Å². The number of halogens is 4. The van der Waals surface area contributed by atoms with Crippen molar-refractivity contribution < 1.29 is 18.3 Å². The fraction of sp³-hybridized carbons (Fsp3) is 0.0714. The average molecular weight is 332 g/mol. The monoisotopic (exact) mass is 331 g/mol. The molecule has 0 bridgehead atoms. The van der Waals surface area contributed by atoms with Gasteiger partial charge in [-0.15, -0.1) is 0 Å². The highest BCUT2D eigenvalue weighted by Gasteiger charge is 2.16. The van der Waals surface area contributed by atoms with Crippen LogP contribution in [0.1, 0.15) is 15.9 Å². The lowest BCUT2D eigenvalue weighted by atomic mass is 10.1. The zero-order valence-electron chi connectivity index (χ0n) is 10.5. The normalized spacial score (nSPS) is 10.5. The van der Waals surface area contributed by atoms with E-state index in [-0.39, 0.29) is 22.9 Å². The number of nitrogens with two attached hydrogens (primary N) is 1. The quantitative estimate of drug-likeness (QED) is 0.677. The minimum absolute atomic E-state index is 0.170. The van der Waals surface area contributed by atoms with Crippen LogP contribution in [0, 0.1) is 11.6 Å². The summed E-state index contributed by atoms with van der Waals surface area (Å²) in [5.74, 6) is -3.21. The van der Waals surface area contributed by atoms with E-state index >= 15 is 0 Å². The molecule has 0 heterocycles. The Kier molecular flexibility index (Phi) is 4.65. The van der Waals surface area contributed by atoms with Crippen molar-refractivity contribution in [1.82, 2.24) is 0 Å². The topological polar surface area (TPSA) is 52.3 Å². The highest BCUT2D eigenvalue weighted by Crippen LogP contribution is 2.26. The molecule has 2 aromatic carbocycles. The summed E-state index contributed by atoms with van der Waals surface area (Å²) in [7, 11) is 0. The van der Waals surface area contributed by atoms with Gasteiger partial charge in [-0.05, 0) is 12.1 Å². The van der Waals surface area contributed by atoms with E-state index in [2.05, 4.69) is 0 Å². The van der Waals surface area contributed by atoms with E-state index in [1.165, 1.54) is 0 Å². The van der Waals surface area contributed by atoms with E-state index < -0.39 is 17.6 Å². The van der Waals surface area contributed by atoms with Gasteiger partial charge in [-0.2, -0.15) is 0 Å². The van der Waals surface area contributed by atoms with Crippen molar-refractivity contribution in [3.8, 4) is 0 Å². The lowest BCUT2D eigenvalue weighted by Crippen LogP contribution is -2.10. The molecule has 21 heavy (non-hydrogen) atoms. The van der Waals surface area contributed by atoms with E-state index in [4.69, 9.17) is 33.7 Å². The van der Waals surface area contributed by atoms with Gasteiger partial charge in [0.1, 0.15) is 6.61 Å². The van der Waals surface area contributed by atoms with Crippen molar-refractivity contribution in [3.63, 3.8) is 0 Å². The number of carbonyl (C=O) groups is 1. The molecular formula is C14H9Cl2F2NO2. The first kappa shape index (κ1) is 15.5. The minimum Gasteiger partial charge on any atom is -0.457 e. The van der Waals surface area contributed by atoms with Gasteiger partial charge in [-0.25, -0.2) is 13.6 Å². The van der Waals surface area contributed by atoms with Crippen LogP contribution in [0.4, 0.5) is 14.5 Å². The Bertz CT molecular complexity index is 708. The number of ether oxygens (including phenoxy) is 1. The molecule has 0 aliphatic rings. The summed E-state index contributed by atoms with van der Waals surface area (Å²) in [5, 5.41) is 0.572. The minimum atomic E-state index is -1.18. The largest absolute Gasteiger partial charge is 0.457 e. The smallest absolute Gasteiger partial charge is 0.340 e. The number of esters is 1. The molecule has 0 spiro atoms. The average Bonchev–Trinajstić information content (AvgIpc) is 2.44. The number of anilines is 1. The second-order valence-electron chi connectivity index (χ2n) is 4.14. The van der Waals surface area contributed by atoms with Gasteiger partial charge in [-0.1, -0.05) is 35.3 Å². The Labute approximate surface area is 129 Å². The van der Waals surface area contributed by atoms with E-state index in [1.807, 2.05) is 0 Å². The Morgan fingerprint density at radius 1 is 1.19 bits per heavy atom. The van der Waals surface area contributed by atoms with Gasteiger partial charge in [0.2, 0.25) is 0 Å². The van der Waals surface area contributed by atoms with E-state index in [0.717, 1.165) is 6.07 Å². The first-order valence-corrected chi connectivity index (χ1v) is 6.50. The third-order valence-electron chi connectivity index (χ3n) is 2.70. The molecular weight excluding hydrogens is 323 g/mol. The second kappa shape index (κ2) is 6.28. The first-order valence-electron chi connectivity index (χ1n) is 5.74. The molecule has 2 aromatic rings.